The highest BCUT2D eigenvalue weighted by Crippen LogP contribution is 2.26. The van der Waals surface area contributed by atoms with Crippen LogP contribution >= 0.6 is 15.9 Å². The van der Waals surface area contributed by atoms with Crippen molar-refractivity contribution in [2.24, 2.45) is 11.8 Å². The third kappa shape index (κ3) is 6.17. The average molecular weight is 469 g/mol. The fourth-order valence-electron chi connectivity index (χ4n) is 3.26. The Labute approximate surface area is 177 Å². The lowest BCUT2D eigenvalue weighted by atomic mass is 9.89. The largest absolute Gasteiger partial charge is 0.456 e. The summed E-state index contributed by atoms with van der Waals surface area (Å²) in [5.74, 6) is -2.47. The van der Waals surface area contributed by atoms with Gasteiger partial charge in [-0.05, 0) is 46.8 Å². The van der Waals surface area contributed by atoms with Crippen molar-refractivity contribution in [3.8, 4) is 0 Å². The summed E-state index contributed by atoms with van der Waals surface area (Å²) in [6.07, 6.45) is 2.39. The van der Waals surface area contributed by atoms with Crippen LogP contribution in [0.1, 0.15) is 43.5 Å². The third-order valence-corrected chi connectivity index (χ3v) is 5.42. The predicted molar refractivity (Wildman–Crippen MR) is 107 cm³/mol. The van der Waals surface area contributed by atoms with E-state index in [-0.39, 0.29) is 24.0 Å². The number of hydrogen-bond acceptors (Lipinski definition) is 7. The Morgan fingerprint density at radius 2 is 2.03 bits per heavy atom. The zero-order chi connectivity index (χ0) is 21.6. The van der Waals surface area contributed by atoms with E-state index in [2.05, 4.69) is 20.9 Å². The summed E-state index contributed by atoms with van der Waals surface area (Å²) in [6.45, 7) is 2.98. The minimum absolute atomic E-state index is 0.0691. The third-order valence-electron chi connectivity index (χ3n) is 4.95. The number of carbonyl (C=O) groups is 4. The van der Waals surface area contributed by atoms with Crippen LogP contribution in [-0.4, -0.2) is 64.2 Å². The lowest BCUT2D eigenvalue weighted by Gasteiger charge is -2.29. The standard InChI is InChI=1S/C20H25BrN2O6/c1-12(2)15(8-14(25)10-24)19(27)23-7-3-4-16(23)20(28)29-11-17(26)13-5-6-18(21)22-9-13/h5-6,9,12,15-16,24H,3-4,7-8,10-11H2,1-2H3/t15?,16-/m0/s1. The number of nitrogens with zero attached hydrogens (tertiary/aromatic N) is 2. The Morgan fingerprint density at radius 3 is 2.62 bits per heavy atom. The van der Waals surface area contributed by atoms with Crippen molar-refractivity contribution in [2.75, 3.05) is 19.8 Å². The van der Waals surface area contributed by atoms with Gasteiger partial charge in [0.15, 0.2) is 12.4 Å². The van der Waals surface area contributed by atoms with Crippen LogP contribution in [-0.2, 0) is 19.1 Å². The van der Waals surface area contributed by atoms with Gasteiger partial charge in [0, 0.05) is 30.6 Å². The van der Waals surface area contributed by atoms with Gasteiger partial charge in [0.05, 0.1) is 0 Å². The Bertz CT molecular complexity index is 765. The van der Waals surface area contributed by atoms with Gasteiger partial charge in [-0.1, -0.05) is 13.8 Å². The number of ketones is 2. The number of aliphatic hydroxyl groups excluding tert-OH is 1. The quantitative estimate of drug-likeness (QED) is 0.333. The first-order valence-electron chi connectivity index (χ1n) is 9.49. The molecule has 1 aliphatic heterocycles. The lowest BCUT2D eigenvalue weighted by molar-refractivity contribution is -0.154. The number of hydrogen-bond donors (Lipinski definition) is 1. The Hall–Kier alpha value is -2.13. The van der Waals surface area contributed by atoms with Gasteiger partial charge in [0.25, 0.3) is 0 Å². The van der Waals surface area contributed by atoms with Crippen LogP contribution in [0.2, 0.25) is 0 Å². The van der Waals surface area contributed by atoms with Gasteiger partial charge in [-0.3, -0.25) is 14.4 Å². The van der Waals surface area contributed by atoms with E-state index >= 15 is 0 Å². The molecule has 1 saturated heterocycles. The van der Waals surface area contributed by atoms with E-state index in [4.69, 9.17) is 9.84 Å². The smallest absolute Gasteiger partial charge is 0.329 e. The molecule has 0 saturated carbocycles. The van der Waals surface area contributed by atoms with Crippen LogP contribution in [0.15, 0.2) is 22.9 Å². The van der Waals surface area contributed by atoms with E-state index in [1.165, 1.54) is 11.1 Å². The molecule has 1 aromatic heterocycles. The first-order chi connectivity index (χ1) is 13.7. The van der Waals surface area contributed by atoms with Crippen LogP contribution < -0.4 is 0 Å². The normalized spacial score (nSPS) is 17.3. The highest BCUT2D eigenvalue weighted by molar-refractivity contribution is 9.10. The van der Waals surface area contributed by atoms with E-state index in [0.717, 1.165) is 0 Å². The molecule has 1 amide bonds. The maximum Gasteiger partial charge on any atom is 0.329 e. The molecular weight excluding hydrogens is 444 g/mol. The van der Waals surface area contributed by atoms with Gasteiger partial charge in [-0.2, -0.15) is 0 Å². The van der Waals surface area contributed by atoms with E-state index in [1.807, 2.05) is 13.8 Å². The van der Waals surface area contributed by atoms with Crippen molar-refractivity contribution in [3.63, 3.8) is 0 Å². The molecule has 0 spiro atoms. The minimum atomic E-state index is -0.774. The van der Waals surface area contributed by atoms with E-state index in [1.54, 1.807) is 12.1 Å². The molecule has 9 heteroatoms. The fourth-order valence-corrected chi connectivity index (χ4v) is 3.50. The molecule has 29 heavy (non-hydrogen) atoms. The van der Waals surface area contributed by atoms with E-state index < -0.39 is 36.9 Å². The van der Waals surface area contributed by atoms with Crippen LogP contribution in [0.4, 0.5) is 0 Å². The number of carbonyl (C=O) groups excluding carboxylic acids is 4. The van der Waals surface area contributed by atoms with Gasteiger partial charge >= 0.3 is 5.97 Å². The van der Waals surface area contributed by atoms with Crippen molar-refractivity contribution in [2.45, 2.75) is 39.2 Å². The molecule has 0 radical (unpaired) electrons. The van der Waals surface area contributed by atoms with Gasteiger partial charge in [-0.15, -0.1) is 0 Å². The number of rotatable bonds is 9. The summed E-state index contributed by atoms with van der Waals surface area (Å²) >= 11 is 3.18. The number of likely N-dealkylation sites (tertiary alicyclic amines) is 1. The number of Topliss-reactive ketones (excluding diaryl/α,β-unsaturated/α-hetero) is 2. The second kappa shape index (κ2) is 10.6. The minimum Gasteiger partial charge on any atom is -0.456 e. The number of aliphatic hydroxyl groups is 1. The summed E-state index contributed by atoms with van der Waals surface area (Å²) < 4.78 is 5.75. The summed E-state index contributed by atoms with van der Waals surface area (Å²) in [6, 6.07) is 2.42. The summed E-state index contributed by atoms with van der Waals surface area (Å²) in [5.41, 5.74) is 0.322. The van der Waals surface area contributed by atoms with E-state index in [0.29, 0.717) is 29.6 Å². The number of pyridine rings is 1. The molecule has 1 aromatic rings. The molecule has 1 unspecified atom stereocenters. The molecule has 158 valence electrons. The first kappa shape index (κ1) is 23.2. The van der Waals surface area contributed by atoms with Crippen molar-refractivity contribution in [3.05, 3.63) is 28.5 Å². The molecule has 2 atom stereocenters. The van der Waals surface area contributed by atoms with Crippen molar-refractivity contribution in [1.29, 1.82) is 0 Å². The van der Waals surface area contributed by atoms with Crippen molar-refractivity contribution >= 4 is 39.4 Å². The maximum atomic E-state index is 12.9. The fraction of sp³-hybridized carbons (Fsp3) is 0.550. The van der Waals surface area contributed by atoms with Crippen LogP contribution in [0.3, 0.4) is 0 Å². The van der Waals surface area contributed by atoms with Crippen molar-refractivity contribution in [1.82, 2.24) is 9.88 Å². The molecule has 0 aromatic carbocycles. The molecule has 2 rings (SSSR count). The molecule has 1 fully saturated rings. The van der Waals surface area contributed by atoms with Crippen LogP contribution in [0.25, 0.3) is 0 Å². The van der Waals surface area contributed by atoms with Gasteiger partial charge in [0.1, 0.15) is 17.3 Å². The average Bonchev–Trinajstić information content (AvgIpc) is 3.19. The number of amides is 1. The van der Waals surface area contributed by atoms with Crippen LogP contribution in [0, 0.1) is 11.8 Å². The maximum absolute atomic E-state index is 12.9. The van der Waals surface area contributed by atoms with Crippen LogP contribution in [0.5, 0.6) is 0 Å². The molecule has 1 N–H and O–H groups in total. The molecule has 1 aliphatic rings. The number of esters is 1. The second-order valence-electron chi connectivity index (χ2n) is 7.34. The Balaban J connectivity index is 2.00. The topological polar surface area (TPSA) is 114 Å². The second-order valence-corrected chi connectivity index (χ2v) is 8.15. The number of halogens is 1. The highest BCUT2D eigenvalue weighted by atomic mass is 79.9. The molecular formula is C20H25BrN2O6. The number of ether oxygens (including phenoxy) is 1. The zero-order valence-electron chi connectivity index (χ0n) is 16.5. The first-order valence-corrected chi connectivity index (χ1v) is 10.3. The highest BCUT2D eigenvalue weighted by Gasteiger charge is 2.39. The summed E-state index contributed by atoms with van der Waals surface area (Å²) in [4.78, 5) is 54.7. The van der Waals surface area contributed by atoms with Gasteiger partial charge < -0.3 is 14.7 Å². The molecule has 2 heterocycles. The SMILES string of the molecule is CC(C)C(CC(=O)CO)C(=O)N1CCC[C@H]1C(=O)OCC(=O)c1ccc(Br)nc1. The molecule has 8 nitrogen and oxygen atoms in total. The number of aromatic nitrogens is 1. The van der Waals surface area contributed by atoms with Gasteiger partial charge in [-0.25, -0.2) is 9.78 Å². The Kier molecular flexibility index (Phi) is 8.45. The predicted octanol–water partition coefficient (Wildman–Crippen LogP) is 1.78. The van der Waals surface area contributed by atoms with E-state index in [9.17, 15) is 19.2 Å². The molecule has 0 aliphatic carbocycles. The zero-order valence-corrected chi connectivity index (χ0v) is 18.1. The molecule has 0 bridgehead atoms. The monoisotopic (exact) mass is 468 g/mol. The van der Waals surface area contributed by atoms with Gasteiger partial charge in [0.2, 0.25) is 11.7 Å². The van der Waals surface area contributed by atoms with Crippen molar-refractivity contribution < 1.29 is 29.0 Å². The summed E-state index contributed by atoms with van der Waals surface area (Å²) in [7, 11) is 0. The summed E-state index contributed by atoms with van der Waals surface area (Å²) in [5, 5.41) is 9.00. The Morgan fingerprint density at radius 1 is 1.31 bits per heavy atom. The lowest BCUT2D eigenvalue weighted by Crippen LogP contribution is -2.46.